The van der Waals surface area contributed by atoms with E-state index in [1.165, 1.54) is 5.56 Å². The fourth-order valence-electron chi connectivity index (χ4n) is 3.26. The van der Waals surface area contributed by atoms with Crippen molar-refractivity contribution in [3.05, 3.63) is 58.9 Å². The van der Waals surface area contributed by atoms with Gasteiger partial charge < -0.3 is 4.79 Å². The Kier molecular flexibility index (Phi) is 4.81. The molecule has 1 aromatic carbocycles. The summed E-state index contributed by atoms with van der Waals surface area (Å²) in [6.07, 6.45) is 4.10. The van der Waals surface area contributed by atoms with E-state index in [0.29, 0.717) is 6.04 Å². The van der Waals surface area contributed by atoms with Crippen molar-refractivity contribution in [1.82, 2.24) is 14.9 Å². The fraction of sp³-hybridized carbons (Fsp3) is 0.278. The van der Waals surface area contributed by atoms with Gasteiger partial charge in [-0.2, -0.15) is 9.89 Å². The highest BCUT2D eigenvalue weighted by Gasteiger charge is 2.28. The Morgan fingerprint density at radius 1 is 1.21 bits per heavy atom. The largest absolute Gasteiger partial charge is 0.307 e. The lowest BCUT2D eigenvalue weighted by Gasteiger charge is -2.27. The molecule has 1 fully saturated rings. The molecular formula is C18H19ClN4O. The molecule has 24 heavy (non-hydrogen) atoms. The maximum Gasteiger partial charge on any atom is 0.181 e. The van der Waals surface area contributed by atoms with Crippen molar-refractivity contribution in [3.63, 3.8) is 0 Å². The van der Waals surface area contributed by atoms with Crippen LogP contribution < -0.4 is 5.01 Å². The summed E-state index contributed by atoms with van der Waals surface area (Å²) in [5, 5.41) is 8.92. The Balaban J connectivity index is 0.000000815. The van der Waals surface area contributed by atoms with E-state index in [1.807, 2.05) is 42.9 Å². The van der Waals surface area contributed by atoms with Gasteiger partial charge in [-0.05, 0) is 49.6 Å². The first kappa shape index (κ1) is 16.5. The number of aryl methyl sites for hydroxylation is 1. The number of fused-ring (bicyclic) bond motifs is 1. The van der Waals surface area contributed by atoms with E-state index in [1.54, 1.807) is 0 Å². The van der Waals surface area contributed by atoms with Gasteiger partial charge in [-0.15, -0.1) is 0 Å². The predicted molar refractivity (Wildman–Crippen MR) is 95.9 cm³/mol. The van der Waals surface area contributed by atoms with Gasteiger partial charge >= 0.3 is 0 Å². The minimum absolute atomic E-state index is 0.321. The van der Waals surface area contributed by atoms with E-state index < -0.39 is 0 Å². The number of carbonyl (C=O) groups excluding carboxylic acids is 1. The van der Waals surface area contributed by atoms with Crippen molar-refractivity contribution in [2.24, 2.45) is 0 Å². The van der Waals surface area contributed by atoms with Gasteiger partial charge in [0.25, 0.3) is 0 Å². The van der Waals surface area contributed by atoms with Gasteiger partial charge in [-0.1, -0.05) is 23.7 Å². The van der Waals surface area contributed by atoms with Crippen LogP contribution in [0.2, 0.25) is 5.02 Å². The van der Waals surface area contributed by atoms with Gasteiger partial charge in [-0.3, -0.25) is 5.01 Å². The molecule has 1 aliphatic heterocycles. The molecule has 1 atom stereocenters. The number of hydrogen-bond donors (Lipinski definition) is 0. The first-order chi connectivity index (χ1) is 11.7. The van der Waals surface area contributed by atoms with Crippen LogP contribution in [0, 0.1) is 6.92 Å². The zero-order valence-electron chi connectivity index (χ0n) is 13.5. The normalized spacial score (nSPS) is 16.9. The minimum atomic E-state index is 0.321. The monoisotopic (exact) mass is 342 g/mol. The van der Waals surface area contributed by atoms with Gasteiger partial charge in [0, 0.05) is 23.2 Å². The van der Waals surface area contributed by atoms with E-state index in [0.717, 1.165) is 41.1 Å². The molecule has 124 valence electrons. The first-order valence-electron chi connectivity index (χ1n) is 7.85. The number of halogens is 1. The summed E-state index contributed by atoms with van der Waals surface area (Å²) in [7, 11) is 0. The second kappa shape index (κ2) is 7.01. The van der Waals surface area contributed by atoms with Gasteiger partial charge in [-0.25, -0.2) is 4.98 Å². The fourth-order valence-corrected chi connectivity index (χ4v) is 3.39. The molecule has 0 unspecified atom stereocenters. The average molecular weight is 343 g/mol. The van der Waals surface area contributed by atoms with Crippen LogP contribution in [0.15, 0.2) is 42.6 Å². The molecule has 6 heteroatoms. The molecule has 4 rings (SSSR count). The third kappa shape index (κ3) is 2.87. The second-order valence-corrected chi connectivity index (χ2v) is 6.16. The summed E-state index contributed by atoms with van der Waals surface area (Å²) in [4.78, 5) is 14.5. The summed E-state index contributed by atoms with van der Waals surface area (Å²) in [5.74, 6) is 0. The maximum absolute atomic E-state index is 8.00. The van der Waals surface area contributed by atoms with Crippen LogP contribution in [0.25, 0.3) is 11.0 Å². The van der Waals surface area contributed by atoms with Crippen LogP contribution in [0.5, 0.6) is 0 Å². The summed E-state index contributed by atoms with van der Waals surface area (Å²) in [5.41, 5.74) is 3.23. The third-order valence-corrected chi connectivity index (χ3v) is 4.59. The van der Waals surface area contributed by atoms with E-state index >= 15 is 0 Å². The van der Waals surface area contributed by atoms with Crippen LogP contribution in [0.3, 0.4) is 0 Å². The predicted octanol–water partition coefficient (Wildman–Crippen LogP) is 3.68. The van der Waals surface area contributed by atoms with Gasteiger partial charge in [0.1, 0.15) is 6.79 Å². The van der Waals surface area contributed by atoms with Crippen LogP contribution >= 0.6 is 11.6 Å². The number of benzene rings is 1. The number of hydrogen-bond acceptors (Lipinski definition) is 4. The van der Waals surface area contributed by atoms with E-state index in [4.69, 9.17) is 21.5 Å². The molecular weight excluding hydrogens is 324 g/mol. The van der Waals surface area contributed by atoms with Gasteiger partial charge in [0.2, 0.25) is 0 Å². The number of aromatic nitrogens is 3. The number of rotatable bonds is 2. The number of carbonyl (C=O) groups is 1. The van der Waals surface area contributed by atoms with Crippen molar-refractivity contribution in [1.29, 1.82) is 0 Å². The van der Waals surface area contributed by atoms with Crippen LogP contribution in [-0.4, -0.2) is 28.2 Å². The topological polar surface area (TPSA) is 51.0 Å². The minimum Gasteiger partial charge on any atom is -0.307 e. The van der Waals surface area contributed by atoms with Gasteiger partial charge in [0.15, 0.2) is 5.65 Å². The molecule has 3 heterocycles. The number of pyridine rings is 1. The molecule has 0 radical (unpaired) electrons. The lowest BCUT2D eigenvalue weighted by molar-refractivity contribution is -0.0979. The SMILES string of the molecule is C=O.Cc1nn(N2CCC[C@H]2c2ccc(Cl)cc2)c2ncccc12. The molecule has 0 amide bonds. The van der Waals surface area contributed by atoms with Crippen molar-refractivity contribution in [2.45, 2.75) is 25.8 Å². The zero-order valence-corrected chi connectivity index (χ0v) is 14.3. The molecule has 1 aliphatic rings. The molecule has 0 bridgehead atoms. The molecule has 3 aromatic rings. The second-order valence-electron chi connectivity index (χ2n) is 5.72. The Bertz CT molecular complexity index is 831. The smallest absolute Gasteiger partial charge is 0.181 e. The van der Waals surface area contributed by atoms with Crippen molar-refractivity contribution < 1.29 is 4.79 Å². The maximum atomic E-state index is 8.00. The first-order valence-corrected chi connectivity index (χ1v) is 8.23. The highest BCUT2D eigenvalue weighted by atomic mass is 35.5. The van der Waals surface area contributed by atoms with E-state index in [9.17, 15) is 0 Å². The molecule has 0 saturated carbocycles. The van der Waals surface area contributed by atoms with Crippen LogP contribution in [0.1, 0.15) is 30.1 Å². The molecule has 1 saturated heterocycles. The number of nitrogens with zero attached hydrogens (tertiary/aromatic N) is 4. The van der Waals surface area contributed by atoms with Crippen molar-refractivity contribution in [3.8, 4) is 0 Å². The molecule has 5 nitrogen and oxygen atoms in total. The zero-order chi connectivity index (χ0) is 17.1. The summed E-state index contributed by atoms with van der Waals surface area (Å²) < 4.78 is 0. The summed E-state index contributed by atoms with van der Waals surface area (Å²) >= 11 is 6.01. The summed E-state index contributed by atoms with van der Waals surface area (Å²) in [6.45, 7) is 5.02. The highest BCUT2D eigenvalue weighted by Crippen LogP contribution is 2.32. The standard InChI is InChI=1S/C17H17ClN4.CH2O/c1-12-15-4-2-10-19-17(15)22(20-12)21-11-3-5-16(21)13-6-8-14(18)9-7-13;1-2/h2,4,6-10,16H,3,5,11H2,1H3;1H2/t16-;/m0./s1. The van der Waals surface area contributed by atoms with Crippen LogP contribution in [-0.2, 0) is 4.79 Å². The quantitative estimate of drug-likeness (QED) is 0.712. The Hall–Kier alpha value is -2.40. The molecule has 0 N–H and O–H groups in total. The third-order valence-electron chi connectivity index (χ3n) is 4.33. The lowest BCUT2D eigenvalue weighted by Crippen LogP contribution is -2.35. The van der Waals surface area contributed by atoms with Gasteiger partial charge in [0.05, 0.1) is 11.7 Å². The molecule has 2 aromatic heterocycles. The lowest BCUT2D eigenvalue weighted by atomic mass is 10.1. The Morgan fingerprint density at radius 2 is 1.96 bits per heavy atom. The van der Waals surface area contributed by atoms with E-state index in [-0.39, 0.29) is 0 Å². The highest BCUT2D eigenvalue weighted by molar-refractivity contribution is 6.30. The summed E-state index contributed by atoms with van der Waals surface area (Å²) in [6, 6.07) is 12.5. The average Bonchev–Trinajstić information content (AvgIpc) is 3.23. The van der Waals surface area contributed by atoms with Crippen molar-refractivity contribution in [2.75, 3.05) is 11.6 Å². The van der Waals surface area contributed by atoms with Crippen molar-refractivity contribution >= 4 is 29.4 Å². The van der Waals surface area contributed by atoms with Crippen LogP contribution in [0.4, 0.5) is 0 Å². The Morgan fingerprint density at radius 3 is 2.71 bits per heavy atom. The van der Waals surface area contributed by atoms with E-state index in [2.05, 4.69) is 28.2 Å². The molecule has 0 aliphatic carbocycles. The molecule has 0 spiro atoms. The Labute approximate surface area is 145 Å².